The van der Waals surface area contributed by atoms with Gasteiger partial charge in [0.25, 0.3) is 0 Å². The van der Waals surface area contributed by atoms with Gasteiger partial charge in [-0.3, -0.25) is 14.9 Å². The lowest BCUT2D eigenvalue weighted by Crippen LogP contribution is -2.31. The Hall–Kier alpha value is -3.94. The van der Waals surface area contributed by atoms with Gasteiger partial charge in [0.05, 0.1) is 24.0 Å². The van der Waals surface area contributed by atoms with E-state index in [1.165, 1.54) is 28.8 Å². The van der Waals surface area contributed by atoms with E-state index < -0.39 is 0 Å². The molecule has 7 heteroatoms. The van der Waals surface area contributed by atoms with Gasteiger partial charge in [-0.1, -0.05) is 36.4 Å². The molecule has 0 spiro atoms. The number of imidazole rings is 1. The lowest BCUT2D eigenvalue weighted by molar-refractivity contribution is 0.153. The van der Waals surface area contributed by atoms with Crippen molar-refractivity contribution in [1.82, 2.24) is 35.1 Å². The van der Waals surface area contributed by atoms with E-state index in [0.29, 0.717) is 6.54 Å². The fourth-order valence-corrected chi connectivity index (χ4v) is 5.21. The number of benzene rings is 1. The average Bonchev–Trinajstić information content (AvgIpc) is 3.36. The summed E-state index contributed by atoms with van der Waals surface area (Å²) >= 11 is 0. The van der Waals surface area contributed by atoms with Crippen LogP contribution in [0, 0.1) is 0 Å². The van der Waals surface area contributed by atoms with Crippen LogP contribution in [0.2, 0.25) is 0 Å². The van der Waals surface area contributed by atoms with Crippen LogP contribution in [0.5, 0.6) is 0 Å². The highest BCUT2D eigenvalue weighted by Gasteiger charge is 2.28. The van der Waals surface area contributed by atoms with E-state index in [1.54, 1.807) is 6.20 Å². The SMILES string of the molecule is c1ccc(CNCc2ccc(CN(Cc3nc4cccnc4[nH]3)C3CCCc4cccnc43)cc2)nc1. The predicted molar refractivity (Wildman–Crippen MR) is 144 cm³/mol. The first-order valence-corrected chi connectivity index (χ1v) is 13.0. The zero-order chi connectivity index (χ0) is 24.9. The van der Waals surface area contributed by atoms with Crippen molar-refractivity contribution in [1.29, 1.82) is 0 Å². The molecule has 0 saturated carbocycles. The lowest BCUT2D eigenvalue weighted by Gasteiger charge is -2.34. The first-order valence-electron chi connectivity index (χ1n) is 13.0. The van der Waals surface area contributed by atoms with Crippen molar-refractivity contribution in [3.05, 3.63) is 119 Å². The molecule has 0 saturated heterocycles. The summed E-state index contributed by atoms with van der Waals surface area (Å²) in [5.74, 6) is 0.937. The Morgan fingerprint density at radius 1 is 0.811 bits per heavy atom. The number of pyridine rings is 3. The molecule has 0 bridgehead atoms. The Morgan fingerprint density at radius 3 is 2.51 bits per heavy atom. The highest BCUT2D eigenvalue weighted by atomic mass is 15.2. The number of aromatic nitrogens is 5. The van der Waals surface area contributed by atoms with Gasteiger partial charge >= 0.3 is 0 Å². The number of aromatic amines is 1. The van der Waals surface area contributed by atoms with Crippen LogP contribution in [0.25, 0.3) is 11.2 Å². The quantitative estimate of drug-likeness (QED) is 0.299. The summed E-state index contributed by atoms with van der Waals surface area (Å²) in [6, 6.07) is 23.4. The number of rotatable bonds is 9. The number of aryl methyl sites for hydroxylation is 1. The Bertz CT molecular complexity index is 1410. The Morgan fingerprint density at radius 2 is 1.65 bits per heavy atom. The van der Waals surface area contributed by atoms with Crippen molar-refractivity contribution < 1.29 is 0 Å². The Labute approximate surface area is 217 Å². The molecule has 1 atom stereocenters. The van der Waals surface area contributed by atoms with E-state index in [2.05, 4.69) is 61.6 Å². The molecule has 6 rings (SSSR count). The second-order valence-corrected chi connectivity index (χ2v) is 9.66. The molecule has 186 valence electrons. The summed E-state index contributed by atoms with van der Waals surface area (Å²) in [5.41, 5.74) is 7.91. The molecule has 7 nitrogen and oxygen atoms in total. The summed E-state index contributed by atoms with van der Waals surface area (Å²) in [7, 11) is 0. The second kappa shape index (κ2) is 11.0. The standard InChI is InChI=1S/C30H31N7/c1-2-15-32-25(8-1)19-31-18-22-11-13-23(14-12-22)20-37(21-28-35-26-9-5-17-34-30(26)36-28)27-10-3-6-24-7-4-16-33-29(24)27/h1-2,4-5,7-9,11-17,27,31H,3,6,10,18-21H2,(H,34,35,36). The van der Waals surface area contributed by atoms with Gasteiger partial charge in [0.2, 0.25) is 0 Å². The number of nitrogens with zero attached hydrogens (tertiary/aromatic N) is 5. The maximum absolute atomic E-state index is 4.82. The van der Waals surface area contributed by atoms with E-state index in [-0.39, 0.29) is 6.04 Å². The smallest absolute Gasteiger partial charge is 0.157 e. The molecule has 1 unspecified atom stereocenters. The van der Waals surface area contributed by atoms with Crippen molar-refractivity contribution >= 4 is 11.2 Å². The Kier molecular flexibility index (Phi) is 6.97. The van der Waals surface area contributed by atoms with Crippen LogP contribution in [0.15, 0.2) is 85.3 Å². The van der Waals surface area contributed by atoms with Crippen molar-refractivity contribution in [2.45, 2.75) is 51.5 Å². The van der Waals surface area contributed by atoms with Crippen molar-refractivity contribution in [3.63, 3.8) is 0 Å². The number of H-pyrrole nitrogens is 1. The zero-order valence-electron chi connectivity index (χ0n) is 20.8. The summed E-state index contributed by atoms with van der Waals surface area (Å²) in [6.45, 7) is 3.11. The fourth-order valence-electron chi connectivity index (χ4n) is 5.21. The van der Waals surface area contributed by atoms with Gasteiger partial charge < -0.3 is 10.3 Å². The molecule has 4 aromatic heterocycles. The molecule has 0 aliphatic heterocycles. The lowest BCUT2D eigenvalue weighted by atomic mass is 9.90. The third-order valence-electron chi connectivity index (χ3n) is 7.03. The van der Waals surface area contributed by atoms with Crippen LogP contribution in [-0.2, 0) is 32.6 Å². The summed E-state index contributed by atoms with van der Waals surface area (Å²) in [4.78, 5) is 24.4. The summed E-state index contributed by atoms with van der Waals surface area (Å²) < 4.78 is 0. The highest BCUT2D eigenvalue weighted by Crippen LogP contribution is 2.34. The first kappa shape index (κ1) is 23.5. The molecular formula is C30H31N7. The van der Waals surface area contributed by atoms with Crippen molar-refractivity contribution in [2.24, 2.45) is 0 Å². The number of hydrogen-bond donors (Lipinski definition) is 2. The van der Waals surface area contributed by atoms with Gasteiger partial charge in [-0.05, 0) is 66.3 Å². The van der Waals surface area contributed by atoms with E-state index in [4.69, 9.17) is 9.97 Å². The molecule has 37 heavy (non-hydrogen) atoms. The van der Waals surface area contributed by atoms with Gasteiger partial charge in [0, 0.05) is 38.2 Å². The van der Waals surface area contributed by atoms with E-state index in [0.717, 1.165) is 55.2 Å². The van der Waals surface area contributed by atoms with Crippen LogP contribution in [0.1, 0.15) is 52.8 Å². The average molecular weight is 490 g/mol. The third kappa shape index (κ3) is 5.58. The van der Waals surface area contributed by atoms with Gasteiger partial charge in [0.1, 0.15) is 11.3 Å². The number of hydrogen-bond acceptors (Lipinski definition) is 6. The molecule has 0 fully saturated rings. The first-order chi connectivity index (χ1) is 18.3. The van der Waals surface area contributed by atoms with Gasteiger partial charge in [-0.2, -0.15) is 0 Å². The largest absolute Gasteiger partial charge is 0.326 e. The summed E-state index contributed by atoms with van der Waals surface area (Å²) in [6.07, 6.45) is 8.92. The zero-order valence-corrected chi connectivity index (χ0v) is 20.8. The minimum atomic E-state index is 0.255. The minimum absolute atomic E-state index is 0.255. The van der Waals surface area contributed by atoms with Crippen LogP contribution >= 0.6 is 0 Å². The van der Waals surface area contributed by atoms with Gasteiger partial charge in [-0.15, -0.1) is 0 Å². The monoisotopic (exact) mass is 489 g/mol. The van der Waals surface area contributed by atoms with E-state index in [9.17, 15) is 0 Å². The molecule has 1 aliphatic carbocycles. The predicted octanol–water partition coefficient (Wildman–Crippen LogP) is 5.12. The molecule has 0 radical (unpaired) electrons. The molecule has 0 amide bonds. The van der Waals surface area contributed by atoms with Crippen LogP contribution in [0.3, 0.4) is 0 Å². The number of nitrogens with one attached hydrogen (secondary N) is 2. The van der Waals surface area contributed by atoms with Crippen LogP contribution in [0.4, 0.5) is 0 Å². The van der Waals surface area contributed by atoms with Crippen LogP contribution < -0.4 is 5.32 Å². The molecule has 2 N–H and O–H groups in total. The number of fused-ring (bicyclic) bond motifs is 2. The van der Waals surface area contributed by atoms with Crippen molar-refractivity contribution in [2.75, 3.05) is 0 Å². The molecule has 1 aliphatic rings. The Balaban J connectivity index is 1.19. The van der Waals surface area contributed by atoms with Crippen LogP contribution in [-0.4, -0.2) is 29.8 Å². The molecular weight excluding hydrogens is 458 g/mol. The molecule has 4 heterocycles. The van der Waals surface area contributed by atoms with E-state index >= 15 is 0 Å². The second-order valence-electron chi connectivity index (χ2n) is 9.66. The summed E-state index contributed by atoms with van der Waals surface area (Å²) in [5, 5.41) is 3.49. The maximum Gasteiger partial charge on any atom is 0.157 e. The maximum atomic E-state index is 4.82. The van der Waals surface area contributed by atoms with Crippen molar-refractivity contribution in [3.8, 4) is 0 Å². The normalized spacial score (nSPS) is 15.2. The third-order valence-corrected chi connectivity index (χ3v) is 7.03. The fraction of sp³-hybridized carbons (Fsp3) is 0.267. The molecule has 1 aromatic carbocycles. The minimum Gasteiger partial charge on any atom is -0.326 e. The molecule has 5 aromatic rings. The highest BCUT2D eigenvalue weighted by molar-refractivity contribution is 5.69. The van der Waals surface area contributed by atoms with E-state index in [1.807, 2.05) is 42.7 Å². The van der Waals surface area contributed by atoms with Gasteiger partial charge in [0.15, 0.2) is 5.65 Å². The van der Waals surface area contributed by atoms with Gasteiger partial charge in [-0.25, -0.2) is 9.97 Å². The topological polar surface area (TPSA) is 82.6 Å².